The van der Waals surface area contributed by atoms with Gasteiger partial charge < -0.3 is 15.0 Å². The Morgan fingerprint density at radius 3 is 2.67 bits per heavy atom. The molecule has 0 fully saturated rings. The fourth-order valence-corrected chi connectivity index (χ4v) is 0.849. The summed E-state index contributed by atoms with van der Waals surface area (Å²) in [4.78, 5) is 20.7. The van der Waals surface area contributed by atoms with Gasteiger partial charge >= 0.3 is 11.2 Å². The Bertz CT molecular complexity index is 175. The van der Waals surface area contributed by atoms with Crippen molar-refractivity contribution in [3.8, 4) is 0 Å². The maximum Gasteiger partial charge on any atom is 0.445 e. The van der Waals surface area contributed by atoms with Gasteiger partial charge in [-0.15, -0.1) is 4.72 Å². The van der Waals surface area contributed by atoms with Gasteiger partial charge in [-0.25, -0.2) is 4.79 Å². The number of rotatable bonds is 4. The van der Waals surface area contributed by atoms with E-state index in [4.69, 9.17) is 0 Å². The third kappa shape index (κ3) is 4.94. The number of methoxy groups -OCH3 is 1. The molecule has 3 N–H and O–H groups in total. The van der Waals surface area contributed by atoms with Crippen LogP contribution in [0.1, 0.15) is 6.42 Å². The summed E-state index contributed by atoms with van der Waals surface area (Å²) in [6.07, 6.45) is 0.0511. The normalized spacial score (nSPS) is 12.2. The number of carbonyl (C=O) groups is 2. The summed E-state index contributed by atoms with van der Waals surface area (Å²) in [6, 6.07) is 0. The van der Waals surface area contributed by atoms with Gasteiger partial charge in [-0.05, 0) is 0 Å². The summed E-state index contributed by atoms with van der Waals surface area (Å²) < 4.78 is 17.1. The van der Waals surface area contributed by atoms with E-state index in [0.717, 1.165) is 0 Å². The van der Waals surface area contributed by atoms with Gasteiger partial charge in [0.05, 0.1) is 20.1 Å². The van der Waals surface area contributed by atoms with Crippen LogP contribution in [-0.2, 0) is 20.9 Å². The van der Waals surface area contributed by atoms with Gasteiger partial charge in [0.15, 0.2) is 0 Å². The fourth-order valence-electron chi connectivity index (χ4n) is 0.419. The lowest BCUT2D eigenvalue weighted by molar-refractivity contribution is -0.140. The molecule has 1 unspecified atom stereocenters. The number of amides is 1. The van der Waals surface area contributed by atoms with Crippen molar-refractivity contribution in [1.29, 1.82) is 0 Å². The van der Waals surface area contributed by atoms with E-state index in [2.05, 4.69) is 15.2 Å². The lowest BCUT2D eigenvalue weighted by Crippen LogP contribution is -2.35. The van der Waals surface area contributed by atoms with Crippen LogP contribution in [0.25, 0.3) is 0 Å². The number of nitrogens with two attached hydrogens (primary N) is 1. The summed E-state index contributed by atoms with van der Waals surface area (Å²) in [6.45, 7) is 0.0994. The van der Waals surface area contributed by atoms with Gasteiger partial charge in [0.2, 0.25) is 0 Å². The number of nitrogens with one attached hydrogen (secondary N) is 1. The summed E-state index contributed by atoms with van der Waals surface area (Å²) in [5.74, 6) is -0.441. The summed E-state index contributed by atoms with van der Waals surface area (Å²) >= 11 is -1.91. The smallest absolute Gasteiger partial charge is 0.445 e. The predicted molar refractivity (Wildman–Crippen MR) is 42.4 cm³/mol. The Balaban J connectivity index is 3.43. The molecule has 0 saturated heterocycles. The zero-order valence-electron chi connectivity index (χ0n) is 6.53. The van der Waals surface area contributed by atoms with Gasteiger partial charge in [-0.1, -0.05) is 0 Å². The second kappa shape index (κ2) is 5.81. The van der Waals surface area contributed by atoms with Crippen LogP contribution in [0.5, 0.6) is 0 Å². The van der Waals surface area contributed by atoms with Crippen molar-refractivity contribution in [2.45, 2.75) is 6.42 Å². The van der Waals surface area contributed by atoms with Crippen molar-refractivity contribution < 1.29 is 18.9 Å². The highest BCUT2D eigenvalue weighted by Crippen LogP contribution is 1.86. The first-order chi connectivity index (χ1) is 5.57. The molecule has 0 rings (SSSR count). The zero-order chi connectivity index (χ0) is 9.56. The Kier molecular flexibility index (Phi) is 5.43. The molecule has 0 aromatic rings. The van der Waals surface area contributed by atoms with Gasteiger partial charge in [0, 0.05) is 0 Å². The van der Waals surface area contributed by atoms with Crippen LogP contribution in [0.15, 0.2) is 0 Å². The van der Waals surface area contributed by atoms with Gasteiger partial charge in [-0.3, -0.25) is 4.79 Å². The average Bonchev–Trinajstić information content (AvgIpc) is 2.03. The molecule has 0 aliphatic rings. The van der Waals surface area contributed by atoms with Crippen LogP contribution in [0.2, 0.25) is 0 Å². The molecule has 7 heteroatoms. The molecule has 0 aliphatic carbocycles. The first-order valence-corrected chi connectivity index (χ1v) is 4.24. The van der Waals surface area contributed by atoms with E-state index in [9.17, 15) is 14.1 Å². The average molecular weight is 194 g/mol. The second-order valence-corrected chi connectivity index (χ2v) is 3.04. The third-order valence-electron chi connectivity index (χ3n) is 0.973. The van der Waals surface area contributed by atoms with Gasteiger partial charge in [-0.2, -0.15) is 0 Å². The van der Waals surface area contributed by atoms with Crippen LogP contribution in [-0.4, -0.2) is 29.4 Å². The monoisotopic (exact) mass is 194 g/mol. The van der Waals surface area contributed by atoms with Crippen molar-refractivity contribution in [3.63, 3.8) is 0 Å². The second-order valence-electron chi connectivity index (χ2n) is 1.81. The van der Waals surface area contributed by atoms with Gasteiger partial charge in [0.1, 0.15) is 11.4 Å². The van der Waals surface area contributed by atoms with E-state index >= 15 is 0 Å². The highest BCUT2D eigenvalue weighted by molar-refractivity contribution is 8.04. The van der Waals surface area contributed by atoms with E-state index < -0.39 is 22.6 Å². The van der Waals surface area contributed by atoms with Crippen molar-refractivity contribution in [2.75, 3.05) is 13.7 Å². The topological polar surface area (TPSA) is 104 Å². The first-order valence-electron chi connectivity index (χ1n) is 3.09. The minimum atomic E-state index is -1.91. The number of ether oxygens (including phenoxy) is 1. The van der Waals surface area contributed by atoms with Crippen LogP contribution in [0, 0.1) is 0 Å². The minimum Gasteiger partial charge on any atom is -0.589 e. The van der Waals surface area contributed by atoms with Crippen LogP contribution < -0.4 is 10.5 Å². The summed E-state index contributed by atoms with van der Waals surface area (Å²) in [5, 5.41) is -0.958. The lowest BCUT2D eigenvalue weighted by atomic mass is 10.4. The molecule has 6 nitrogen and oxygen atoms in total. The summed E-state index contributed by atoms with van der Waals surface area (Å²) in [5.41, 5.74) is 4.67. The molecule has 0 spiro atoms. The quantitative estimate of drug-likeness (QED) is 0.435. The summed E-state index contributed by atoms with van der Waals surface area (Å²) in [7, 11) is 1.24. The standard InChI is InChI=1S/C5H10N2O4S/c1-11-4(8)2-3-7-12(10)5(6)9/h7H,2-3H2,1H3,(H2,6,9). The zero-order valence-corrected chi connectivity index (χ0v) is 7.35. The largest absolute Gasteiger partial charge is 0.589 e. The van der Waals surface area contributed by atoms with Crippen LogP contribution in [0.3, 0.4) is 0 Å². The fraction of sp³-hybridized carbons (Fsp3) is 0.600. The first kappa shape index (κ1) is 11.2. The number of esters is 1. The highest BCUT2D eigenvalue weighted by Gasteiger charge is 2.14. The molecule has 12 heavy (non-hydrogen) atoms. The molecule has 0 radical (unpaired) electrons. The number of hydrogen-bond acceptors (Lipinski definition) is 5. The molecule has 1 atom stereocenters. The predicted octanol–water partition coefficient (Wildman–Crippen LogP) is -1.12. The van der Waals surface area contributed by atoms with Crippen molar-refractivity contribution in [1.82, 2.24) is 4.72 Å². The molecule has 0 bridgehead atoms. The third-order valence-corrected chi connectivity index (χ3v) is 1.80. The van der Waals surface area contributed by atoms with E-state index in [-0.39, 0.29) is 13.0 Å². The Labute approximate surface area is 72.8 Å². The molecule has 0 saturated carbocycles. The van der Waals surface area contributed by atoms with E-state index in [0.29, 0.717) is 0 Å². The molecule has 1 amide bonds. The van der Waals surface area contributed by atoms with Crippen molar-refractivity contribution in [2.24, 2.45) is 5.73 Å². The van der Waals surface area contributed by atoms with Gasteiger partial charge in [0.25, 0.3) is 0 Å². The Morgan fingerprint density at radius 2 is 2.25 bits per heavy atom. The van der Waals surface area contributed by atoms with E-state index in [1.165, 1.54) is 7.11 Å². The molecule has 0 aliphatic heterocycles. The van der Waals surface area contributed by atoms with Crippen molar-refractivity contribution >= 4 is 22.6 Å². The molecular weight excluding hydrogens is 184 g/mol. The van der Waals surface area contributed by atoms with E-state index in [1.807, 2.05) is 0 Å². The SMILES string of the molecule is COC(=O)CCN[S+]([O-])C(N)=O. The number of hydrogen-bond donors (Lipinski definition) is 2. The number of primary amides is 1. The lowest BCUT2D eigenvalue weighted by Gasteiger charge is -2.04. The van der Waals surface area contributed by atoms with Crippen molar-refractivity contribution in [3.05, 3.63) is 0 Å². The van der Waals surface area contributed by atoms with Crippen LogP contribution in [0.4, 0.5) is 4.79 Å². The maximum absolute atomic E-state index is 10.6. The maximum atomic E-state index is 10.6. The highest BCUT2D eigenvalue weighted by atomic mass is 32.2. The number of carbonyl (C=O) groups excluding carboxylic acids is 2. The minimum absolute atomic E-state index is 0.0511. The molecule has 0 heterocycles. The molecule has 70 valence electrons. The molecule has 0 aromatic heterocycles. The van der Waals surface area contributed by atoms with E-state index in [1.54, 1.807) is 0 Å². The Morgan fingerprint density at radius 1 is 1.67 bits per heavy atom. The molecule has 0 aromatic carbocycles. The Hall–Kier alpha value is -0.790. The molecular formula is C5H10N2O4S. The van der Waals surface area contributed by atoms with Crippen LogP contribution >= 0.6 is 0 Å².